The van der Waals surface area contributed by atoms with E-state index in [1.165, 1.54) is 12.8 Å². The highest BCUT2D eigenvalue weighted by atomic mass is 19.1. The Labute approximate surface area is 237 Å². The van der Waals surface area contributed by atoms with Gasteiger partial charge in [0, 0.05) is 43.3 Å². The molecule has 2 saturated carbocycles. The summed E-state index contributed by atoms with van der Waals surface area (Å²) in [4.78, 5) is 32.1. The van der Waals surface area contributed by atoms with E-state index in [9.17, 15) is 13.6 Å². The van der Waals surface area contributed by atoms with E-state index in [4.69, 9.17) is 25.5 Å². The van der Waals surface area contributed by atoms with Crippen LogP contribution in [0, 0.1) is 11.6 Å². The third kappa shape index (κ3) is 6.51. The smallest absolute Gasteiger partial charge is 0.365 e. The molecule has 41 heavy (non-hydrogen) atoms. The van der Waals surface area contributed by atoms with Gasteiger partial charge in [-0.1, -0.05) is 12.8 Å². The van der Waals surface area contributed by atoms with Crippen molar-refractivity contribution < 1.29 is 18.4 Å². The number of anilines is 3. The molecule has 0 bridgehead atoms. The Morgan fingerprint density at radius 2 is 1.68 bits per heavy atom. The van der Waals surface area contributed by atoms with E-state index in [0.29, 0.717) is 49.8 Å². The molecule has 2 aromatic heterocycles. The van der Waals surface area contributed by atoms with Gasteiger partial charge in [-0.3, -0.25) is 5.32 Å². The number of nitrogens with zero attached hydrogens (tertiary/aromatic N) is 5. The minimum Gasteiger partial charge on any atom is -0.365 e. The number of piperidine rings is 1. The minimum atomic E-state index is -0.864. The zero-order chi connectivity index (χ0) is 28.3. The zero-order valence-corrected chi connectivity index (χ0v) is 23.0. The van der Waals surface area contributed by atoms with Crippen LogP contribution in [-0.2, 0) is 4.84 Å². The maximum atomic E-state index is 13.9. The Hall–Kier alpha value is -3.58. The highest BCUT2D eigenvalue weighted by Gasteiger charge is 2.27. The number of hydrogen-bond donors (Lipinski definition) is 4. The number of hydroxylamine groups is 2. The first-order valence-corrected chi connectivity index (χ1v) is 14.6. The van der Waals surface area contributed by atoms with Crippen molar-refractivity contribution in [1.82, 2.24) is 24.6 Å². The van der Waals surface area contributed by atoms with Crippen LogP contribution in [0.5, 0.6) is 0 Å². The Bertz CT molecular complexity index is 1360. The van der Waals surface area contributed by atoms with Gasteiger partial charge in [-0.05, 0) is 63.5 Å². The third-order valence-electron chi connectivity index (χ3n) is 8.42. The Morgan fingerprint density at radius 3 is 2.41 bits per heavy atom. The van der Waals surface area contributed by atoms with Crippen molar-refractivity contribution in [1.29, 1.82) is 0 Å². The van der Waals surface area contributed by atoms with Gasteiger partial charge in [0.1, 0.15) is 11.6 Å². The molecule has 13 heteroatoms. The van der Waals surface area contributed by atoms with Gasteiger partial charge >= 0.3 is 6.09 Å². The molecule has 3 heterocycles. The first-order valence-electron chi connectivity index (χ1n) is 14.6. The molecule has 1 saturated heterocycles. The van der Waals surface area contributed by atoms with Gasteiger partial charge in [0.05, 0.1) is 12.0 Å². The minimum absolute atomic E-state index is 0.0858. The fourth-order valence-electron chi connectivity index (χ4n) is 6.10. The predicted octanol–water partition coefficient (Wildman–Crippen LogP) is 4.94. The molecule has 1 aliphatic heterocycles. The summed E-state index contributed by atoms with van der Waals surface area (Å²) in [6.07, 6.45) is 11.1. The van der Waals surface area contributed by atoms with Crippen LogP contribution in [0.25, 0.3) is 11.2 Å². The van der Waals surface area contributed by atoms with Crippen LogP contribution in [0.1, 0.15) is 70.3 Å². The van der Waals surface area contributed by atoms with E-state index in [0.717, 1.165) is 61.8 Å². The van der Waals surface area contributed by atoms with E-state index < -0.39 is 17.7 Å². The van der Waals surface area contributed by atoms with Gasteiger partial charge in [0.25, 0.3) is 0 Å². The lowest BCUT2D eigenvalue weighted by molar-refractivity contribution is -0.107. The van der Waals surface area contributed by atoms with Crippen LogP contribution >= 0.6 is 0 Å². The molecule has 0 spiro atoms. The second-order valence-electron chi connectivity index (χ2n) is 11.4. The molecule has 5 N–H and O–H groups in total. The largest absolute Gasteiger partial charge is 0.430 e. The van der Waals surface area contributed by atoms with Crippen molar-refractivity contribution in [3.63, 3.8) is 0 Å². The van der Waals surface area contributed by atoms with Crippen molar-refractivity contribution in [2.75, 3.05) is 29.0 Å². The van der Waals surface area contributed by atoms with Crippen molar-refractivity contribution in [3.05, 3.63) is 36.2 Å². The number of nitrogens with one attached hydrogen (secondary N) is 3. The number of rotatable bonds is 7. The van der Waals surface area contributed by atoms with Gasteiger partial charge in [0.15, 0.2) is 17.0 Å². The summed E-state index contributed by atoms with van der Waals surface area (Å²) >= 11 is 0. The van der Waals surface area contributed by atoms with Crippen LogP contribution in [0.15, 0.2) is 24.5 Å². The first kappa shape index (κ1) is 27.6. The topological polar surface area (TPSA) is 135 Å². The number of aromatic nitrogens is 4. The number of amides is 1. The summed E-state index contributed by atoms with van der Waals surface area (Å²) in [5.41, 5.74) is 7.57. The van der Waals surface area contributed by atoms with E-state index in [1.54, 1.807) is 5.06 Å². The number of nitrogens with two attached hydrogens (primary N) is 1. The fraction of sp³-hybridized carbons (Fsp3) is 0.571. The van der Waals surface area contributed by atoms with Crippen LogP contribution in [0.3, 0.4) is 0 Å². The van der Waals surface area contributed by atoms with E-state index >= 15 is 0 Å². The molecule has 0 radical (unpaired) electrons. The van der Waals surface area contributed by atoms with Crippen molar-refractivity contribution in [2.45, 2.75) is 88.4 Å². The Morgan fingerprint density at radius 1 is 0.951 bits per heavy atom. The maximum absolute atomic E-state index is 13.9. The van der Waals surface area contributed by atoms with E-state index in [1.807, 2.05) is 6.33 Å². The summed E-state index contributed by atoms with van der Waals surface area (Å²) < 4.78 is 29.2. The quantitative estimate of drug-likeness (QED) is 0.312. The molecule has 6 rings (SSSR count). The second-order valence-corrected chi connectivity index (χ2v) is 11.4. The number of fused-ring (bicyclic) bond motifs is 1. The summed E-state index contributed by atoms with van der Waals surface area (Å²) in [6.45, 7) is 0.963. The lowest BCUT2D eigenvalue weighted by atomic mass is 9.92. The van der Waals surface area contributed by atoms with Gasteiger partial charge < -0.3 is 25.8 Å². The molecule has 0 unspecified atom stereocenters. The lowest BCUT2D eigenvalue weighted by Gasteiger charge is -2.31. The summed E-state index contributed by atoms with van der Waals surface area (Å²) in [7, 11) is 0. The fourth-order valence-corrected chi connectivity index (χ4v) is 6.10. The SMILES string of the molecule is N[C@H]1CC[C@H](Nc2nc(NC3CCN(OC(=O)Nc4ccc(F)cc4F)CC3)c3ncn(C4CCCC4)c3n2)CC1. The predicted molar refractivity (Wildman–Crippen MR) is 151 cm³/mol. The van der Waals surface area contributed by atoms with Gasteiger partial charge in [-0.25, -0.2) is 18.6 Å². The van der Waals surface area contributed by atoms with Gasteiger partial charge in [-0.15, -0.1) is 5.06 Å². The lowest BCUT2D eigenvalue weighted by Crippen LogP contribution is -2.41. The van der Waals surface area contributed by atoms with Crippen LogP contribution in [0.2, 0.25) is 0 Å². The number of hydrogen-bond acceptors (Lipinski definition) is 9. The monoisotopic (exact) mass is 569 g/mol. The summed E-state index contributed by atoms with van der Waals surface area (Å²) in [6, 6.07) is 3.98. The Kier molecular flexibility index (Phi) is 8.15. The van der Waals surface area contributed by atoms with Crippen LogP contribution < -0.4 is 21.7 Å². The first-order chi connectivity index (χ1) is 19.9. The molecule has 3 aliphatic rings. The molecule has 220 valence electrons. The van der Waals surface area contributed by atoms with Crippen LogP contribution in [0.4, 0.5) is 31.0 Å². The molecular weight excluding hydrogens is 532 g/mol. The summed E-state index contributed by atoms with van der Waals surface area (Å²) in [5, 5.41) is 11.0. The van der Waals surface area contributed by atoms with Gasteiger partial charge in [0.2, 0.25) is 5.95 Å². The zero-order valence-electron chi connectivity index (χ0n) is 23.0. The molecule has 11 nitrogen and oxygen atoms in total. The number of imidazole rings is 1. The number of carbonyl (C=O) groups is 1. The molecule has 2 aliphatic carbocycles. The third-order valence-corrected chi connectivity index (χ3v) is 8.42. The van der Waals surface area contributed by atoms with Crippen LogP contribution in [-0.4, -0.2) is 61.9 Å². The molecule has 1 amide bonds. The number of halogens is 2. The average Bonchev–Trinajstić information content (AvgIpc) is 3.63. The standard InChI is InChI=1S/C28H37F2N9O2/c29-17-5-10-23(22(30)15-17)35-28(40)41-38-13-11-20(12-14-38)33-25-24-26(39(16-32-24)21-3-1-2-4-21)37-27(36-25)34-19-8-6-18(31)7-9-19/h5,10,15-16,18-21H,1-4,6-9,11-14,31H2,(H,35,40)(H2,33,34,36,37)/t18-,19-. The molecule has 3 aromatic rings. The normalized spacial score (nSPS) is 22.6. The summed E-state index contributed by atoms with van der Waals surface area (Å²) in [5.74, 6) is -0.280. The van der Waals surface area contributed by atoms with E-state index in [-0.39, 0.29) is 23.8 Å². The van der Waals surface area contributed by atoms with Crippen molar-refractivity contribution >= 4 is 34.7 Å². The molecular formula is C28H37F2N9O2. The number of benzene rings is 1. The molecule has 3 fully saturated rings. The Balaban J connectivity index is 1.11. The highest BCUT2D eigenvalue weighted by molar-refractivity contribution is 5.85. The molecule has 0 atom stereocenters. The van der Waals surface area contributed by atoms with Gasteiger partial charge in [-0.2, -0.15) is 9.97 Å². The van der Waals surface area contributed by atoms with E-state index in [2.05, 4.69) is 20.5 Å². The number of carbonyl (C=O) groups excluding carboxylic acids is 1. The average molecular weight is 570 g/mol. The maximum Gasteiger partial charge on any atom is 0.430 e. The second kappa shape index (κ2) is 12.1. The molecule has 1 aromatic carbocycles. The van der Waals surface area contributed by atoms with Crippen molar-refractivity contribution in [3.8, 4) is 0 Å². The van der Waals surface area contributed by atoms with Crippen molar-refractivity contribution in [2.24, 2.45) is 5.73 Å². The highest BCUT2D eigenvalue weighted by Crippen LogP contribution is 2.34.